The topological polar surface area (TPSA) is 87.8 Å². The predicted molar refractivity (Wildman–Crippen MR) is 168 cm³/mol. The van der Waals surface area contributed by atoms with E-state index < -0.39 is 11.1 Å². The summed E-state index contributed by atoms with van der Waals surface area (Å²) in [4.78, 5) is 43.2. The summed E-state index contributed by atoms with van der Waals surface area (Å²) < 4.78 is 2.92. The van der Waals surface area contributed by atoms with Gasteiger partial charge >= 0.3 is 11.1 Å². The quantitative estimate of drug-likeness (QED) is 0.225. The number of phenols is 1. The van der Waals surface area contributed by atoms with Crippen LogP contribution in [0.5, 0.6) is 5.75 Å². The van der Waals surface area contributed by atoms with Crippen LogP contribution in [0.3, 0.4) is 0 Å². The number of halogens is 1. The third kappa shape index (κ3) is 4.54. The lowest BCUT2D eigenvalue weighted by Crippen LogP contribution is -2.52. The molecule has 2 heterocycles. The SMILES string of the molecule is C=CC(=O)N1CC(Cn2c(=O)c(=O)n(-c3ccccc3N(C)C)c3cc(-c4cc(O)cc5ccccc45)c(Cl)cc32)C1. The second-order valence-corrected chi connectivity index (χ2v) is 11.2. The third-order valence-electron chi connectivity index (χ3n) is 7.85. The molecule has 0 bridgehead atoms. The van der Waals surface area contributed by atoms with Crippen molar-refractivity contribution in [2.75, 3.05) is 32.1 Å². The third-order valence-corrected chi connectivity index (χ3v) is 8.17. The summed E-state index contributed by atoms with van der Waals surface area (Å²) in [7, 11) is 3.75. The molecule has 8 nitrogen and oxygen atoms in total. The summed E-state index contributed by atoms with van der Waals surface area (Å²) in [6.07, 6.45) is 1.27. The molecule has 42 heavy (non-hydrogen) atoms. The number of nitrogens with zero attached hydrogens (tertiary/aromatic N) is 4. The van der Waals surface area contributed by atoms with Gasteiger partial charge in [-0.3, -0.25) is 19.0 Å². The number of phenolic OH excluding ortho intramolecular Hbond substituents is 1. The minimum atomic E-state index is -0.691. The Hall–Kier alpha value is -4.82. The number of rotatable bonds is 6. The number of carbonyl (C=O) groups is 1. The Morgan fingerprint density at radius 3 is 2.43 bits per heavy atom. The molecular weight excluding hydrogens is 552 g/mol. The molecule has 9 heteroatoms. The largest absolute Gasteiger partial charge is 0.508 e. The van der Waals surface area contributed by atoms with Gasteiger partial charge in [0.1, 0.15) is 5.75 Å². The summed E-state index contributed by atoms with van der Waals surface area (Å²) >= 11 is 6.95. The second-order valence-electron chi connectivity index (χ2n) is 10.8. The summed E-state index contributed by atoms with van der Waals surface area (Å²) in [5, 5.41) is 12.7. The molecule has 0 radical (unpaired) electrons. The zero-order chi connectivity index (χ0) is 29.7. The maximum Gasteiger partial charge on any atom is 0.321 e. The predicted octanol–water partition coefficient (Wildman–Crippen LogP) is 5.04. The van der Waals surface area contributed by atoms with Gasteiger partial charge in [0.25, 0.3) is 0 Å². The van der Waals surface area contributed by atoms with Crippen LogP contribution >= 0.6 is 11.6 Å². The monoisotopic (exact) mass is 580 g/mol. The average molecular weight is 581 g/mol. The number of likely N-dealkylation sites (tertiary alicyclic amines) is 1. The van der Waals surface area contributed by atoms with Crippen molar-refractivity contribution in [2.24, 2.45) is 5.92 Å². The van der Waals surface area contributed by atoms with Crippen LogP contribution in [0.4, 0.5) is 5.69 Å². The van der Waals surface area contributed by atoms with E-state index in [0.717, 1.165) is 16.5 Å². The molecular formula is C33H29ClN4O4. The first-order chi connectivity index (χ1) is 20.2. The van der Waals surface area contributed by atoms with Gasteiger partial charge in [0, 0.05) is 45.2 Å². The number of amides is 1. The van der Waals surface area contributed by atoms with Crippen LogP contribution in [0.25, 0.3) is 38.6 Å². The molecule has 1 saturated heterocycles. The van der Waals surface area contributed by atoms with Crippen molar-refractivity contribution >= 4 is 45.0 Å². The van der Waals surface area contributed by atoms with Crippen molar-refractivity contribution in [2.45, 2.75) is 6.54 Å². The molecule has 0 saturated carbocycles. The van der Waals surface area contributed by atoms with E-state index in [1.165, 1.54) is 15.2 Å². The van der Waals surface area contributed by atoms with Crippen molar-refractivity contribution in [3.05, 3.63) is 111 Å². The van der Waals surface area contributed by atoms with Gasteiger partial charge in [-0.15, -0.1) is 0 Å². The Bertz CT molecular complexity index is 2020. The first-order valence-corrected chi connectivity index (χ1v) is 13.9. The Morgan fingerprint density at radius 2 is 1.69 bits per heavy atom. The van der Waals surface area contributed by atoms with Crippen LogP contribution in [0.2, 0.25) is 5.02 Å². The van der Waals surface area contributed by atoms with Crippen molar-refractivity contribution in [3.8, 4) is 22.6 Å². The van der Waals surface area contributed by atoms with Crippen LogP contribution in [0.15, 0.2) is 95.0 Å². The van der Waals surface area contributed by atoms with Gasteiger partial charge in [0.2, 0.25) is 5.91 Å². The molecule has 0 spiro atoms. The van der Waals surface area contributed by atoms with Gasteiger partial charge in [-0.1, -0.05) is 54.6 Å². The lowest BCUT2D eigenvalue weighted by atomic mass is 9.96. The van der Waals surface area contributed by atoms with E-state index in [4.69, 9.17) is 11.6 Å². The zero-order valence-electron chi connectivity index (χ0n) is 23.3. The lowest BCUT2D eigenvalue weighted by molar-refractivity contribution is -0.132. The summed E-state index contributed by atoms with van der Waals surface area (Å²) in [5.41, 5.74) is 2.27. The van der Waals surface area contributed by atoms with Crippen LogP contribution in [-0.2, 0) is 11.3 Å². The van der Waals surface area contributed by atoms with Gasteiger partial charge < -0.3 is 19.5 Å². The Labute approximate surface area is 246 Å². The maximum absolute atomic E-state index is 13.9. The number of para-hydroxylation sites is 2. The Morgan fingerprint density at radius 1 is 0.976 bits per heavy atom. The summed E-state index contributed by atoms with van der Waals surface area (Å²) in [5.74, 6) is -0.0819. The Kier molecular flexibility index (Phi) is 6.86. The van der Waals surface area contributed by atoms with Crippen LogP contribution in [-0.4, -0.2) is 52.2 Å². The number of aromatic nitrogens is 2. The molecule has 1 N–H and O–H groups in total. The first kappa shape index (κ1) is 27.4. The molecule has 1 aromatic heterocycles. The number of fused-ring (bicyclic) bond motifs is 2. The lowest BCUT2D eigenvalue weighted by Gasteiger charge is -2.39. The van der Waals surface area contributed by atoms with E-state index in [1.807, 2.05) is 73.6 Å². The molecule has 1 aliphatic heterocycles. The highest BCUT2D eigenvalue weighted by Crippen LogP contribution is 2.39. The van der Waals surface area contributed by atoms with E-state index in [0.29, 0.717) is 46.0 Å². The highest BCUT2D eigenvalue weighted by atomic mass is 35.5. The molecule has 0 aliphatic carbocycles. The number of hydrogen-bond donors (Lipinski definition) is 1. The van der Waals surface area contributed by atoms with E-state index in [1.54, 1.807) is 23.1 Å². The molecule has 0 atom stereocenters. The van der Waals surface area contributed by atoms with Crippen LogP contribution in [0, 0.1) is 5.92 Å². The number of hydrogen-bond acceptors (Lipinski definition) is 5. The van der Waals surface area contributed by atoms with E-state index in [-0.39, 0.29) is 24.1 Å². The van der Waals surface area contributed by atoms with Gasteiger partial charge in [-0.25, -0.2) is 0 Å². The summed E-state index contributed by atoms with van der Waals surface area (Å²) in [6, 6.07) is 21.9. The molecule has 0 unspecified atom stereocenters. The normalized spacial score (nSPS) is 13.4. The zero-order valence-corrected chi connectivity index (χ0v) is 24.0. The van der Waals surface area contributed by atoms with Crippen LogP contribution < -0.4 is 16.0 Å². The average Bonchev–Trinajstić information content (AvgIpc) is 2.96. The molecule has 1 amide bonds. The van der Waals surface area contributed by atoms with Gasteiger partial charge in [-0.05, 0) is 58.8 Å². The molecule has 6 rings (SSSR count). The highest BCUT2D eigenvalue weighted by Gasteiger charge is 2.31. The summed E-state index contributed by atoms with van der Waals surface area (Å²) in [6.45, 7) is 4.73. The van der Waals surface area contributed by atoms with E-state index in [9.17, 15) is 19.5 Å². The Balaban J connectivity index is 1.64. The fourth-order valence-electron chi connectivity index (χ4n) is 5.80. The molecule has 5 aromatic rings. The van der Waals surface area contributed by atoms with Crippen molar-refractivity contribution in [1.82, 2.24) is 14.0 Å². The number of aromatic hydroxyl groups is 1. The van der Waals surface area contributed by atoms with Crippen molar-refractivity contribution in [1.29, 1.82) is 0 Å². The fraction of sp³-hybridized carbons (Fsp3) is 0.182. The van der Waals surface area contributed by atoms with E-state index >= 15 is 0 Å². The van der Waals surface area contributed by atoms with Crippen molar-refractivity contribution in [3.63, 3.8) is 0 Å². The minimum absolute atomic E-state index is 0.00687. The number of anilines is 1. The van der Waals surface area contributed by atoms with Gasteiger partial charge in [-0.2, -0.15) is 0 Å². The molecule has 212 valence electrons. The van der Waals surface area contributed by atoms with E-state index in [2.05, 4.69) is 6.58 Å². The number of benzene rings is 4. The second kappa shape index (κ2) is 10.5. The molecule has 4 aromatic carbocycles. The molecule has 1 aliphatic rings. The first-order valence-electron chi connectivity index (χ1n) is 13.6. The molecule has 1 fully saturated rings. The standard InChI is InChI=1S/C33H29ClN4O4/c1-4-31(40)36-17-20(18-36)19-37-29-16-26(34)25(24-14-22(39)13-21-9-5-6-10-23(21)24)15-30(29)38(33(42)32(37)41)28-12-8-7-11-27(28)35(2)3/h4-16,20,39H,1,17-19H2,2-3H3. The minimum Gasteiger partial charge on any atom is -0.508 e. The highest BCUT2D eigenvalue weighted by molar-refractivity contribution is 6.34. The smallest absolute Gasteiger partial charge is 0.321 e. The number of carbonyl (C=O) groups excluding carboxylic acids is 1. The van der Waals surface area contributed by atoms with Crippen LogP contribution in [0.1, 0.15) is 0 Å². The van der Waals surface area contributed by atoms with Crippen molar-refractivity contribution < 1.29 is 9.90 Å². The van der Waals surface area contributed by atoms with Gasteiger partial charge in [0.15, 0.2) is 0 Å². The fourth-order valence-corrected chi connectivity index (χ4v) is 6.06. The maximum atomic E-state index is 13.9. The van der Waals surface area contributed by atoms with Gasteiger partial charge in [0.05, 0.1) is 27.4 Å².